The molecule has 0 fully saturated rings. The summed E-state index contributed by atoms with van der Waals surface area (Å²) in [5.74, 6) is -0.266. The number of benzene rings is 1. The summed E-state index contributed by atoms with van der Waals surface area (Å²) in [6.45, 7) is 2.03. The van der Waals surface area contributed by atoms with Crippen molar-refractivity contribution < 1.29 is 13.2 Å². The zero-order valence-electron chi connectivity index (χ0n) is 16.7. The van der Waals surface area contributed by atoms with Crippen LogP contribution in [0.4, 0.5) is 5.69 Å². The highest BCUT2D eigenvalue weighted by molar-refractivity contribution is 7.92. The fraction of sp³-hybridized carbons (Fsp3) is 0.500. The average molecular weight is 405 g/mol. The third-order valence-electron chi connectivity index (χ3n) is 5.17. The number of H-pyrrole nitrogens is 1. The molecule has 1 heterocycles. The van der Waals surface area contributed by atoms with E-state index in [-0.39, 0.29) is 12.5 Å². The zero-order chi connectivity index (χ0) is 20.3. The van der Waals surface area contributed by atoms with Crippen LogP contribution in [-0.4, -0.2) is 49.3 Å². The van der Waals surface area contributed by atoms with E-state index in [9.17, 15) is 13.2 Å². The standard InChI is InChI=1S/C20H28N4O3S/c1-15-8-7-9-16(12-15)24(28(3,26)27)14-20(25)23(2)13-19-17-10-5-4-6-11-18(17)21-22-19/h7-9,12H,4-6,10-11,13-14H2,1-3H3,(H,21,22). The topological polar surface area (TPSA) is 86.4 Å². The van der Waals surface area contributed by atoms with Crippen molar-refractivity contribution in [2.45, 2.75) is 45.6 Å². The highest BCUT2D eigenvalue weighted by atomic mass is 32.2. The van der Waals surface area contributed by atoms with Crippen LogP contribution in [0.3, 0.4) is 0 Å². The number of aromatic nitrogens is 2. The van der Waals surface area contributed by atoms with Gasteiger partial charge < -0.3 is 4.90 Å². The monoisotopic (exact) mass is 404 g/mol. The van der Waals surface area contributed by atoms with E-state index in [0.29, 0.717) is 12.2 Å². The van der Waals surface area contributed by atoms with Crippen LogP contribution < -0.4 is 4.31 Å². The molecule has 1 amide bonds. The summed E-state index contributed by atoms with van der Waals surface area (Å²) >= 11 is 0. The van der Waals surface area contributed by atoms with Crippen molar-refractivity contribution in [3.63, 3.8) is 0 Å². The molecule has 1 aliphatic rings. The number of hydrogen-bond acceptors (Lipinski definition) is 4. The average Bonchev–Trinajstić information content (AvgIpc) is 2.85. The Balaban J connectivity index is 1.74. The van der Waals surface area contributed by atoms with E-state index in [1.807, 2.05) is 13.0 Å². The number of carbonyl (C=O) groups excluding carboxylic acids is 1. The van der Waals surface area contributed by atoms with Gasteiger partial charge in [0, 0.05) is 12.7 Å². The first-order chi connectivity index (χ1) is 13.3. The van der Waals surface area contributed by atoms with Crippen molar-refractivity contribution in [3.8, 4) is 0 Å². The Morgan fingerprint density at radius 3 is 2.68 bits per heavy atom. The first-order valence-electron chi connectivity index (χ1n) is 9.59. The highest BCUT2D eigenvalue weighted by Gasteiger charge is 2.24. The number of aromatic amines is 1. The Hall–Kier alpha value is -2.35. The molecule has 0 unspecified atom stereocenters. The maximum Gasteiger partial charge on any atom is 0.243 e. The number of nitrogens with zero attached hydrogens (tertiary/aromatic N) is 3. The van der Waals surface area contributed by atoms with Crippen LogP contribution >= 0.6 is 0 Å². The van der Waals surface area contributed by atoms with Crippen LogP contribution in [0.2, 0.25) is 0 Å². The van der Waals surface area contributed by atoms with Crippen LogP contribution in [-0.2, 0) is 34.2 Å². The Labute approximate surface area is 166 Å². The second kappa shape index (κ2) is 8.34. The number of amides is 1. The van der Waals surface area contributed by atoms with Crippen molar-refractivity contribution in [1.29, 1.82) is 0 Å². The molecule has 0 spiro atoms. The Morgan fingerprint density at radius 2 is 1.96 bits per heavy atom. The number of carbonyl (C=O) groups is 1. The largest absolute Gasteiger partial charge is 0.338 e. The van der Waals surface area contributed by atoms with Crippen LogP contribution in [0.5, 0.6) is 0 Å². The van der Waals surface area contributed by atoms with Crippen molar-refractivity contribution >= 4 is 21.6 Å². The van der Waals surface area contributed by atoms with E-state index in [2.05, 4.69) is 10.2 Å². The molecule has 7 nitrogen and oxygen atoms in total. The van der Waals surface area contributed by atoms with E-state index in [4.69, 9.17) is 0 Å². The quantitative estimate of drug-likeness (QED) is 0.749. The number of hydrogen-bond donors (Lipinski definition) is 1. The summed E-state index contributed by atoms with van der Waals surface area (Å²) < 4.78 is 25.7. The van der Waals surface area contributed by atoms with Crippen LogP contribution in [0, 0.1) is 6.92 Å². The van der Waals surface area contributed by atoms with E-state index in [0.717, 1.165) is 47.5 Å². The number of sulfonamides is 1. The van der Waals surface area contributed by atoms with Gasteiger partial charge >= 0.3 is 0 Å². The number of rotatable bonds is 6. The van der Waals surface area contributed by atoms with E-state index < -0.39 is 10.0 Å². The normalized spacial score (nSPS) is 14.2. The molecule has 1 aromatic carbocycles. The zero-order valence-corrected chi connectivity index (χ0v) is 17.6. The first-order valence-corrected chi connectivity index (χ1v) is 11.4. The minimum absolute atomic E-state index is 0.231. The van der Waals surface area contributed by atoms with Gasteiger partial charge in [-0.05, 0) is 55.9 Å². The molecular weight excluding hydrogens is 376 g/mol. The molecule has 0 saturated carbocycles. The second-order valence-corrected chi connectivity index (χ2v) is 9.45. The summed E-state index contributed by atoms with van der Waals surface area (Å²) in [5.41, 5.74) is 4.71. The predicted octanol–water partition coefficient (Wildman–Crippen LogP) is 2.41. The van der Waals surface area contributed by atoms with Crippen LogP contribution in [0.15, 0.2) is 24.3 Å². The van der Waals surface area contributed by atoms with E-state index in [1.165, 1.54) is 17.7 Å². The van der Waals surface area contributed by atoms with Crippen LogP contribution in [0.1, 0.15) is 41.8 Å². The summed E-state index contributed by atoms with van der Waals surface area (Å²) in [6, 6.07) is 7.15. The van der Waals surface area contributed by atoms with Gasteiger partial charge in [-0.1, -0.05) is 18.6 Å². The van der Waals surface area contributed by atoms with Gasteiger partial charge in [0.25, 0.3) is 0 Å². The molecule has 2 aromatic rings. The lowest BCUT2D eigenvalue weighted by Crippen LogP contribution is -2.41. The molecule has 0 atom stereocenters. The van der Waals surface area contributed by atoms with E-state index >= 15 is 0 Å². The van der Waals surface area contributed by atoms with Crippen molar-refractivity contribution in [2.24, 2.45) is 0 Å². The van der Waals surface area contributed by atoms with Gasteiger partial charge in [-0.2, -0.15) is 5.10 Å². The Bertz CT molecular complexity index is 952. The highest BCUT2D eigenvalue weighted by Crippen LogP contribution is 2.23. The van der Waals surface area contributed by atoms with Crippen molar-refractivity contribution in [1.82, 2.24) is 15.1 Å². The number of fused-ring (bicyclic) bond motifs is 1. The van der Waals surface area contributed by atoms with Gasteiger partial charge in [0.2, 0.25) is 15.9 Å². The summed E-state index contributed by atoms with van der Waals surface area (Å²) in [6.07, 6.45) is 6.58. The third-order valence-corrected chi connectivity index (χ3v) is 6.31. The molecule has 1 aromatic heterocycles. The molecule has 0 radical (unpaired) electrons. The molecule has 8 heteroatoms. The summed E-state index contributed by atoms with van der Waals surface area (Å²) in [5, 5.41) is 7.52. The van der Waals surface area contributed by atoms with Gasteiger partial charge in [0.1, 0.15) is 6.54 Å². The summed E-state index contributed by atoms with van der Waals surface area (Å²) in [4.78, 5) is 14.4. The fourth-order valence-electron chi connectivity index (χ4n) is 3.60. The second-order valence-electron chi connectivity index (χ2n) is 7.55. The lowest BCUT2D eigenvalue weighted by molar-refractivity contribution is -0.128. The first kappa shape index (κ1) is 20.4. The predicted molar refractivity (Wildman–Crippen MR) is 110 cm³/mol. The van der Waals surface area contributed by atoms with E-state index in [1.54, 1.807) is 30.1 Å². The molecule has 1 N–H and O–H groups in total. The Morgan fingerprint density at radius 1 is 1.21 bits per heavy atom. The molecule has 0 bridgehead atoms. The molecule has 0 saturated heterocycles. The van der Waals surface area contributed by atoms with Crippen LogP contribution in [0.25, 0.3) is 0 Å². The van der Waals surface area contributed by atoms with Gasteiger partial charge in [0.05, 0.1) is 24.2 Å². The molecule has 1 aliphatic carbocycles. The minimum atomic E-state index is -3.58. The molecule has 3 rings (SSSR count). The molecule has 28 heavy (non-hydrogen) atoms. The van der Waals surface area contributed by atoms with Gasteiger partial charge in [-0.3, -0.25) is 14.2 Å². The number of nitrogens with one attached hydrogen (secondary N) is 1. The Kier molecular flexibility index (Phi) is 6.07. The summed E-state index contributed by atoms with van der Waals surface area (Å²) in [7, 11) is -1.89. The van der Waals surface area contributed by atoms with Gasteiger partial charge in [-0.25, -0.2) is 8.42 Å². The third kappa shape index (κ3) is 4.73. The molecule has 0 aliphatic heterocycles. The lowest BCUT2D eigenvalue weighted by Gasteiger charge is -2.25. The smallest absolute Gasteiger partial charge is 0.243 e. The van der Waals surface area contributed by atoms with Gasteiger partial charge in [-0.15, -0.1) is 0 Å². The van der Waals surface area contributed by atoms with Crippen molar-refractivity contribution in [3.05, 3.63) is 46.8 Å². The minimum Gasteiger partial charge on any atom is -0.338 e. The number of anilines is 1. The lowest BCUT2D eigenvalue weighted by atomic mass is 10.1. The maximum absolute atomic E-state index is 12.8. The fourth-order valence-corrected chi connectivity index (χ4v) is 4.44. The number of aryl methyl sites for hydroxylation is 2. The molecular formula is C20H28N4O3S. The maximum atomic E-state index is 12.8. The van der Waals surface area contributed by atoms with Crippen molar-refractivity contribution in [2.75, 3.05) is 24.2 Å². The molecule has 152 valence electrons. The van der Waals surface area contributed by atoms with Gasteiger partial charge in [0.15, 0.2) is 0 Å². The number of likely N-dealkylation sites (N-methyl/N-ethyl adjacent to an activating group) is 1. The SMILES string of the molecule is Cc1cccc(N(CC(=O)N(C)Cc2n[nH]c3c2CCCCC3)S(C)(=O)=O)c1.